The van der Waals surface area contributed by atoms with Crippen LogP contribution >= 0.6 is 0 Å². The fourth-order valence-corrected chi connectivity index (χ4v) is 3.48. The van der Waals surface area contributed by atoms with E-state index in [1.165, 1.54) is 6.33 Å². The predicted octanol–water partition coefficient (Wildman–Crippen LogP) is -0.273. The Labute approximate surface area is 123 Å². The highest BCUT2D eigenvalue weighted by atomic mass is 32.2. The second-order valence-corrected chi connectivity index (χ2v) is 6.24. The molecule has 0 aromatic carbocycles. The highest BCUT2D eigenvalue weighted by Gasteiger charge is 2.24. The Morgan fingerprint density at radius 1 is 1.38 bits per heavy atom. The zero-order valence-corrected chi connectivity index (χ0v) is 12.8. The van der Waals surface area contributed by atoms with Gasteiger partial charge in [0, 0.05) is 12.7 Å². The lowest BCUT2D eigenvalue weighted by Gasteiger charge is -2.07. The average molecular weight is 310 g/mol. The monoisotopic (exact) mass is 310 g/mol. The van der Waals surface area contributed by atoms with Gasteiger partial charge in [-0.2, -0.15) is 5.10 Å². The molecule has 3 N–H and O–H groups in total. The summed E-state index contributed by atoms with van der Waals surface area (Å²) in [5.74, 6) is 0. The van der Waals surface area contributed by atoms with E-state index >= 15 is 0 Å². The third kappa shape index (κ3) is 3.43. The maximum atomic E-state index is 12.4. The molecule has 0 aliphatic carbocycles. The summed E-state index contributed by atoms with van der Waals surface area (Å²) in [4.78, 5) is 7.97. The van der Waals surface area contributed by atoms with Gasteiger partial charge in [0.1, 0.15) is 11.2 Å². The number of rotatable bonds is 6. The molecule has 0 saturated carbocycles. The topological polar surface area (TPSA) is 116 Å². The van der Waals surface area contributed by atoms with E-state index in [-0.39, 0.29) is 11.4 Å². The Morgan fingerprint density at radius 3 is 2.76 bits per heavy atom. The summed E-state index contributed by atoms with van der Waals surface area (Å²) in [6.07, 6.45) is 2.94. The molecule has 2 rings (SSSR count). The van der Waals surface area contributed by atoms with Gasteiger partial charge in [-0.05, 0) is 19.9 Å². The van der Waals surface area contributed by atoms with Crippen LogP contribution in [0.4, 0.5) is 0 Å². The zero-order valence-electron chi connectivity index (χ0n) is 11.9. The second-order valence-electron chi connectivity index (χ2n) is 4.54. The van der Waals surface area contributed by atoms with Crippen LogP contribution < -0.4 is 10.5 Å². The molecule has 2 heterocycles. The van der Waals surface area contributed by atoms with E-state index in [2.05, 4.69) is 19.8 Å². The third-order valence-corrected chi connectivity index (χ3v) is 4.66. The van der Waals surface area contributed by atoms with Gasteiger partial charge in [0.25, 0.3) is 0 Å². The van der Waals surface area contributed by atoms with Gasteiger partial charge in [0.15, 0.2) is 0 Å². The number of nitrogens with two attached hydrogens (primary N) is 1. The van der Waals surface area contributed by atoms with E-state index in [9.17, 15) is 8.42 Å². The van der Waals surface area contributed by atoms with E-state index in [1.54, 1.807) is 30.8 Å². The Morgan fingerprint density at radius 2 is 2.14 bits per heavy atom. The van der Waals surface area contributed by atoms with Gasteiger partial charge in [-0.1, -0.05) is 0 Å². The van der Waals surface area contributed by atoms with Crippen molar-refractivity contribution in [1.29, 1.82) is 0 Å². The summed E-state index contributed by atoms with van der Waals surface area (Å²) in [5, 5.41) is 4.21. The number of aryl methyl sites for hydroxylation is 1. The number of nitrogens with one attached hydrogen (secondary N) is 1. The molecular weight excluding hydrogens is 292 g/mol. The number of nitrogens with zero attached hydrogens (tertiary/aromatic N) is 4. The molecule has 0 spiro atoms. The molecule has 0 atom stereocenters. The normalized spacial score (nSPS) is 11.8. The standard InChI is InChI=1S/C12H18N6O2S/c1-9-12(10(2)18(17-9)6-4-13)21(19,20)16-7-11-3-5-14-8-15-11/h3,5,8,16H,4,6-7,13H2,1-2H3. The summed E-state index contributed by atoms with van der Waals surface area (Å²) in [7, 11) is -3.65. The molecule has 0 radical (unpaired) electrons. The van der Waals surface area contributed by atoms with E-state index in [1.807, 2.05) is 0 Å². The Kier molecular flexibility index (Phi) is 4.66. The van der Waals surface area contributed by atoms with Gasteiger partial charge in [0.2, 0.25) is 10.0 Å². The Bertz CT molecular complexity index is 711. The molecule has 8 nitrogen and oxygen atoms in total. The molecule has 114 valence electrons. The molecule has 0 unspecified atom stereocenters. The van der Waals surface area contributed by atoms with Gasteiger partial charge >= 0.3 is 0 Å². The molecule has 9 heteroatoms. The van der Waals surface area contributed by atoms with Gasteiger partial charge in [0.05, 0.1) is 30.2 Å². The van der Waals surface area contributed by atoms with E-state index in [0.29, 0.717) is 30.2 Å². The van der Waals surface area contributed by atoms with Gasteiger partial charge < -0.3 is 5.73 Å². The minimum Gasteiger partial charge on any atom is -0.329 e. The minimum atomic E-state index is -3.65. The van der Waals surface area contributed by atoms with Crippen molar-refractivity contribution in [2.24, 2.45) is 5.73 Å². The van der Waals surface area contributed by atoms with Crippen LogP contribution in [0, 0.1) is 13.8 Å². The first kappa shape index (κ1) is 15.5. The quantitative estimate of drug-likeness (QED) is 0.758. The molecule has 0 aliphatic rings. The van der Waals surface area contributed by atoms with E-state index < -0.39 is 10.0 Å². The molecule has 0 bridgehead atoms. The lowest BCUT2D eigenvalue weighted by atomic mass is 10.4. The lowest BCUT2D eigenvalue weighted by Crippen LogP contribution is -2.25. The third-order valence-electron chi connectivity index (χ3n) is 3.01. The number of aromatic nitrogens is 4. The first-order valence-corrected chi connectivity index (χ1v) is 7.92. The molecule has 0 amide bonds. The van der Waals surface area contributed by atoms with Crippen molar-refractivity contribution in [3.63, 3.8) is 0 Å². The van der Waals surface area contributed by atoms with Crippen LogP contribution in [0.2, 0.25) is 0 Å². The molecule has 0 fully saturated rings. The molecule has 0 aliphatic heterocycles. The van der Waals surface area contributed by atoms with Crippen LogP contribution in [0.15, 0.2) is 23.5 Å². The Balaban J connectivity index is 2.24. The second kappa shape index (κ2) is 6.29. The largest absolute Gasteiger partial charge is 0.329 e. The van der Waals surface area contributed by atoms with Gasteiger partial charge in [-0.25, -0.2) is 23.1 Å². The summed E-state index contributed by atoms with van der Waals surface area (Å²) in [5.41, 5.74) is 7.12. The van der Waals surface area contributed by atoms with Gasteiger partial charge in [-0.3, -0.25) is 4.68 Å². The van der Waals surface area contributed by atoms with Crippen LogP contribution in [0.1, 0.15) is 17.1 Å². The summed E-state index contributed by atoms with van der Waals surface area (Å²) >= 11 is 0. The molecule has 0 saturated heterocycles. The average Bonchev–Trinajstić information content (AvgIpc) is 2.73. The first-order valence-electron chi connectivity index (χ1n) is 6.44. The first-order chi connectivity index (χ1) is 9.95. The van der Waals surface area contributed by atoms with Crippen LogP contribution in [-0.4, -0.2) is 34.7 Å². The number of sulfonamides is 1. The van der Waals surface area contributed by atoms with Crippen molar-refractivity contribution in [1.82, 2.24) is 24.5 Å². The van der Waals surface area contributed by atoms with Crippen molar-refractivity contribution in [3.05, 3.63) is 35.7 Å². The van der Waals surface area contributed by atoms with Gasteiger partial charge in [-0.15, -0.1) is 0 Å². The summed E-state index contributed by atoms with van der Waals surface area (Å²) in [6.45, 7) is 4.36. The van der Waals surface area contributed by atoms with Crippen molar-refractivity contribution in [2.45, 2.75) is 31.8 Å². The van der Waals surface area contributed by atoms with Crippen LogP contribution in [0.5, 0.6) is 0 Å². The van der Waals surface area contributed by atoms with Crippen molar-refractivity contribution in [2.75, 3.05) is 6.54 Å². The van der Waals surface area contributed by atoms with Crippen molar-refractivity contribution < 1.29 is 8.42 Å². The fourth-order valence-electron chi connectivity index (χ4n) is 2.07. The maximum Gasteiger partial charge on any atom is 0.244 e. The lowest BCUT2D eigenvalue weighted by molar-refractivity contribution is 0.576. The Hall–Kier alpha value is -1.84. The van der Waals surface area contributed by atoms with Crippen LogP contribution in [-0.2, 0) is 23.1 Å². The molecular formula is C12H18N6O2S. The number of hydrogen-bond acceptors (Lipinski definition) is 6. The highest BCUT2D eigenvalue weighted by Crippen LogP contribution is 2.19. The van der Waals surface area contributed by atoms with Crippen molar-refractivity contribution in [3.8, 4) is 0 Å². The van der Waals surface area contributed by atoms with Crippen LogP contribution in [0.3, 0.4) is 0 Å². The zero-order chi connectivity index (χ0) is 15.5. The van der Waals surface area contributed by atoms with E-state index in [0.717, 1.165) is 0 Å². The summed E-state index contributed by atoms with van der Waals surface area (Å²) < 4.78 is 29.0. The molecule has 2 aromatic rings. The molecule has 21 heavy (non-hydrogen) atoms. The fraction of sp³-hybridized carbons (Fsp3) is 0.417. The smallest absolute Gasteiger partial charge is 0.244 e. The SMILES string of the molecule is Cc1nn(CCN)c(C)c1S(=O)(=O)NCc1ccncn1. The van der Waals surface area contributed by atoms with Crippen LogP contribution in [0.25, 0.3) is 0 Å². The summed E-state index contributed by atoms with van der Waals surface area (Å²) in [6, 6.07) is 1.65. The maximum absolute atomic E-state index is 12.4. The molecule has 2 aromatic heterocycles. The number of hydrogen-bond donors (Lipinski definition) is 2. The highest BCUT2D eigenvalue weighted by molar-refractivity contribution is 7.89. The van der Waals surface area contributed by atoms with Crippen molar-refractivity contribution >= 4 is 10.0 Å². The minimum absolute atomic E-state index is 0.103. The van der Waals surface area contributed by atoms with E-state index in [4.69, 9.17) is 5.73 Å². The predicted molar refractivity (Wildman–Crippen MR) is 76.8 cm³/mol.